The number of rotatable bonds is 5. The molecule has 7 heteroatoms. The first-order chi connectivity index (χ1) is 12.4. The van der Waals surface area contributed by atoms with E-state index in [9.17, 15) is 4.79 Å². The van der Waals surface area contributed by atoms with Gasteiger partial charge >= 0.3 is 0 Å². The number of aryl methyl sites for hydroxylation is 1. The summed E-state index contributed by atoms with van der Waals surface area (Å²) in [6.45, 7) is 2.18. The molecule has 1 aromatic heterocycles. The highest BCUT2D eigenvalue weighted by molar-refractivity contribution is 6.35. The minimum Gasteiger partial charge on any atom is -0.487 e. The van der Waals surface area contributed by atoms with Crippen molar-refractivity contribution in [1.29, 1.82) is 0 Å². The molecule has 0 bridgehead atoms. The fraction of sp³-hybridized carbons (Fsp3) is 0.158. The molecule has 0 fully saturated rings. The fourth-order valence-corrected chi connectivity index (χ4v) is 2.83. The third-order valence-electron chi connectivity index (χ3n) is 3.96. The highest BCUT2D eigenvalue weighted by Crippen LogP contribution is 2.28. The van der Waals surface area contributed by atoms with Crippen molar-refractivity contribution in [3.63, 3.8) is 0 Å². The Kier molecular flexibility index (Phi) is 5.49. The molecule has 0 spiro atoms. The maximum absolute atomic E-state index is 12.5. The largest absolute Gasteiger partial charge is 0.487 e. The van der Waals surface area contributed by atoms with Crippen LogP contribution in [0.1, 0.15) is 21.6 Å². The number of carbonyl (C=O) groups is 1. The number of nitrogens with one attached hydrogen (secondary N) is 1. The first-order valence-electron chi connectivity index (χ1n) is 7.91. The zero-order chi connectivity index (χ0) is 18.7. The van der Waals surface area contributed by atoms with Crippen LogP contribution in [0.3, 0.4) is 0 Å². The first kappa shape index (κ1) is 18.3. The molecule has 3 rings (SSSR count). The van der Waals surface area contributed by atoms with Gasteiger partial charge in [0, 0.05) is 17.6 Å². The highest BCUT2D eigenvalue weighted by Gasteiger charge is 2.11. The number of hydrogen-bond donors (Lipinski definition) is 1. The highest BCUT2D eigenvalue weighted by atomic mass is 35.5. The van der Waals surface area contributed by atoms with E-state index in [1.54, 1.807) is 41.2 Å². The molecule has 5 nitrogen and oxygen atoms in total. The average Bonchev–Trinajstić information content (AvgIpc) is 2.93. The molecule has 0 saturated heterocycles. The van der Waals surface area contributed by atoms with E-state index in [4.69, 9.17) is 27.9 Å². The number of aromatic nitrogens is 2. The van der Waals surface area contributed by atoms with Crippen LogP contribution in [0.25, 0.3) is 0 Å². The molecule has 26 heavy (non-hydrogen) atoms. The number of benzene rings is 2. The smallest absolute Gasteiger partial charge is 0.255 e. The molecule has 3 aromatic rings. The molecular formula is C19H17Cl2N3O2. The van der Waals surface area contributed by atoms with E-state index in [-0.39, 0.29) is 12.5 Å². The Hall–Kier alpha value is -2.50. The molecule has 0 unspecified atom stereocenters. The Labute approximate surface area is 161 Å². The molecule has 134 valence electrons. The first-order valence-corrected chi connectivity index (χ1v) is 8.66. The minimum atomic E-state index is -0.201. The van der Waals surface area contributed by atoms with Crippen molar-refractivity contribution in [3.8, 4) is 5.75 Å². The van der Waals surface area contributed by atoms with Crippen LogP contribution in [-0.2, 0) is 13.7 Å². The van der Waals surface area contributed by atoms with Gasteiger partial charge in [0.25, 0.3) is 5.91 Å². The van der Waals surface area contributed by atoms with Crippen LogP contribution in [0.5, 0.6) is 5.75 Å². The molecule has 1 heterocycles. The summed E-state index contributed by atoms with van der Waals surface area (Å²) < 4.78 is 7.42. The second-order valence-electron chi connectivity index (χ2n) is 5.79. The zero-order valence-electron chi connectivity index (χ0n) is 14.3. The van der Waals surface area contributed by atoms with Crippen molar-refractivity contribution in [2.24, 2.45) is 7.05 Å². The Balaban J connectivity index is 1.69. The van der Waals surface area contributed by atoms with Gasteiger partial charge in [-0.2, -0.15) is 5.10 Å². The quantitative estimate of drug-likeness (QED) is 0.677. The van der Waals surface area contributed by atoms with Gasteiger partial charge in [-0.15, -0.1) is 0 Å². The van der Waals surface area contributed by atoms with E-state index < -0.39 is 0 Å². The monoisotopic (exact) mass is 389 g/mol. The zero-order valence-corrected chi connectivity index (χ0v) is 15.8. The van der Waals surface area contributed by atoms with Gasteiger partial charge in [-0.25, -0.2) is 0 Å². The number of hydrogen-bond acceptors (Lipinski definition) is 3. The number of ether oxygens (including phenoxy) is 1. The Morgan fingerprint density at radius 2 is 2.04 bits per heavy atom. The number of anilines is 1. The molecular weight excluding hydrogens is 373 g/mol. The van der Waals surface area contributed by atoms with E-state index >= 15 is 0 Å². The van der Waals surface area contributed by atoms with Crippen LogP contribution in [0, 0.1) is 6.92 Å². The van der Waals surface area contributed by atoms with E-state index in [0.717, 1.165) is 11.3 Å². The molecule has 1 amide bonds. The third kappa shape index (κ3) is 4.18. The topological polar surface area (TPSA) is 56.1 Å². The van der Waals surface area contributed by atoms with Crippen molar-refractivity contribution in [2.45, 2.75) is 13.5 Å². The summed E-state index contributed by atoms with van der Waals surface area (Å²) in [7, 11) is 1.82. The Morgan fingerprint density at radius 3 is 2.73 bits per heavy atom. The lowest BCUT2D eigenvalue weighted by Crippen LogP contribution is -2.13. The summed E-state index contributed by atoms with van der Waals surface area (Å²) >= 11 is 12.0. The van der Waals surface area contributed by atoms with E-state index in [1.165, 1.54) is 0 Å². The van der Waals surface area contributed by atoms with E-state index in [2.05, 4.69) is 10.4 Å². The van der Waals surface area contributed by atoms with E-state index in [0.29, 0.717) is 27.0 Å². The lowest BCUT2D eigenvalue weighted by molar-refractivity contribution is 0.102. The predicted molar refractivity (Wildman–Crippen MR) is 103 cm³/mol. The number of nitrogens with zero attached hydrogens (tertiary/aromatic N) is 2. The van der Waals surface area contributed by atoms with Crippen molar-refractivity contribution >= 4 is 34.8 Å². The van der Waals surface area contributed by atoms with Crippen molar-refractivity contribution < 1.29 is 9.53 Å². The van der Waals surface area contributed by atoms with Gasteiger partial charge in [0.2, 0.25) is 0 Å². The summed E-state index contributed by atoms with van der Waals surface area (Å²) in [6, 6.07) is 12.3. The molecule has 0 aliphatic carbocycles. The summed E-state index contributed by atoms with van der Waals surface area (Å²) in [5.74, 6) is 0.337. The summed E-state index contributed by atoms with van der Waals surface area (Å²) in [6.07, 6.45) is 1.63. The third-order valence-corrected chi connectivity index (χ3v) is 4.49. The van der Waals surface area contributed by atoms with Gasteiger partial charge in [-0.05, 0) is 42.8 Å². The SMILES string of the molecule is Cc1c(NC(=O)c2cccc(COc3ccc(Cl)cc3Cl)c2)cnn1C. The van der Waals surface area contributed by atoms with Gasteiger partial charge in [0.05, 0.1) is 22.6 Å². The van der Waals surface area contributed by atoms with E-state index in [1.807, 2.05) is 26.1 Å². The van der Waals surface area contributed by atoms with Crippen LogP contribution in [0.15, 0.2) is 48.7 Å². The minimum absolute atomic E-state index is 0.201. The molecule has 0 saturated carbocycles. The van der Waals surface area contributed by atoms with Gasteiger partial charge in [-0.1, -0.05) is 35.3 Å². The average molecular weight is 390 g/mol. The van der Waals surface area contributed by atoms with Gasteiger partial charge < -0.3 is 10.1 Å². The van der Waals surface area contributed by atoms with Gasteiger partial charge in [-0.3, -0.25) is 9.48 Å². The number of carbonyl (C=O) groups excluding carboxylic acids is 1. The number of halogens is 2. The van der Waals surface area contributed by atoms with Gasteiger partial charge in [0.15, 0.2) is 0 Å². The molecule has 0 aliphatic rings. The van der Waals surface area contributed by atoms with Crippen LogP contribution in [0.2, 0.25) is 10.0 Å². The standard InChI is InChI=1S/C19H17Cl2N3O2/c1-12-17(10-22-24(12)2)23-19(25)14-5-3-4-13(8-14)11-26-18-7-6-15(20)9-16(18)21/h3-10H,11H2,1-2H3,(H,23,25). The lowest BCUT2D eigenvalue weighted by Gasteiger charge is -2.10. The maximum atomic E-state index is 12.5. The number of amides is 1. The summed E-state index contributed by atoms with van der Waals surface area (Å²) in [4.78, 5) is 12.5. The second kappa shape index (κ2) is 7.81. The van der Waals surface area contributed by atoms with Crippen molar-refractivity contribution in [3.05, 3.63) is 75.5 Å². The predicted octanol–water partition coefficient (Wildman–Crippen LogP) is 4.87. The second-order valence-corrected chi connectivity index (χ2v) is 6.63. The Bertz CT molecular complexity index is 954. The molecule has 0 atom stereocenters. The summed E-state index contributed by atoms with van der Waals surface area (Å²) in [5.41, 5.74) is 2.96. The normalized spacial score (nSPS) is 10.6. The maximum Gasteiger partial charge on any atom is 0.255 e. The van der Waals surface area contributed by atoms with Crippen LogP contribution < -0.4 is 10.1 Å². The fourth-order valence-electron chi connectivity index (χ4n) is 2.37. The molecule has 0 aliphatic heterocycles. The molecule has 1 N–H and O–H groups in total. The molecule has 2 aromatic carbocycles. The van der Waals surface area contributed by atoms with Gasteiger partial charge in [0.1, 0.15) is 12.4 Å². The Morgan fingerprint density at radius 1 is 1.23 bits per heavy atom. The van der Waals surface area contributed by atoms with Crippen LogP contribution in [0.4, 0.5) is 5.69 Å². The molecule has 0 radical (unpaired) electrons. The summed E-state index contributed by atoms with van der Waals surface area (Å²) in [5, 5.41) is 7.97. The van der Waals surface area contributed by atoms with Crippen molar-refractivity contribution in [2.75, 3.05) is 5.32 Å². The van der Waals surface area contributed by atoms with Crippen LogP contribution in [-0.4, -0.2) is 15.7 Å². The lowest BCUT2D eigenvalue weighted by atomic mass is 10.1. The van der Waals surface area contributed by atoms with Crippen LogP contribution >= 0.6 is 23.2 Å². The van der Waals surface area contributed by atoms with Crippen molar-refractivity contribution in [1.82, 2.24) is 9.78 Å².